The van der Waals surface area contributed by atoms with Crippen molar-refractivity contribution >= 4 is 27.5 Å². The van der Waals surface area contributed by atoms with E-state index in [-0.39, 0.29) is 17.0 Å². The zero-order valence-electron chi connectivity index (χ0n) is 10.4. The Bertz CT molecular complexity index is 662. The van der Waals surface area contributed by atoms with Gasteiger partial charge in [-0.1, -0.05) is 15.9 Å². The predicted octanol–water partition coefficient (Wildman–Crippen LogP) is 3.99. The van der Waals surface area contributed by atoms with Crippen molar-refractivity contribution in [3.8, 4) is 5.75 Å². The third kappa shape index (κ3) is 3.14. The van der Waals surface area contributed by atoms with Gasteiger partial charge in [-0.25, -0.2) is 8.78 Å². The van der Waals surface area contributed by atoms with Crippen LogP contribution in [0.15, 0.2) is 40.9 Å². The van der Waals surface area contributed by atoms with E-state index in [2.05, 4.69) is 21.2 Å². The second-order valence-electron chi connectivity index (χ2n) is 3.92. The van der Waals surface area contributed by atoms with E-state index >= 15 is 0 Å². The lowest BCUT2D eigenvalue weighted by Gasteiger charge is -2.10. The molecule has 0 aliphatic rings. The van der Waals surface area contributed by atoms with Crippen molar-refractivity contribution in [3.63, 3.8) is 0 Å². The van der Waals surface area contributed by atoms with Crippen LogP contribution in [0, 0.1) is 11.6 Å². The molecule has 104 valence electrons. The molecule has 0 unspecified atom stereocenters. The monoisotopic (exact) mass is 341 g/mol. The van der Waals surface area contributed by atoms with Gasteiger partial charge in [0.2, 0.25) is 0 Å². The molecular formula is C14H10BrF2NO2. The van der Waals surface area contributed by atoms with E-state index in [1.165, 1.54) is 31.4 Å². The van der Waals surface area contributed by atoms with Gasteiger partial charge in [0.1, 0.15) is 17.4 Å². The normalized spacial score (nSPS) is 10.2. The third-order valence-corrected chi connectivity index (χ3v) is 3.08. The zero-order valence-corrected chi connectivity index (χ0v) is 12.0. The second-order valence-corrected chi connectivity index (χ2v) is 4.84. The first-order valence-corrected chi connectivity index (χ1v) is 6.40. The van der Waals surface area contributed by atoms with Gasteiger partial charge in [0.25, 0.3) is 5.91 Å². The fourth-order valence-corrected chi connectivity index (χ4v) is 1.97. The van der Waals surface area contributed by atoms with Gasteiger partial charge in [0.15, 0.2) is 0 Å². The van der Waals surface area contributed by atoms with Crippen LogP contribution in [0.4, 0.5) is 14.5 Å². The van der Waals surface area contributed by atoms with E-state index in [0.717, 1.165) is 6.07 Å². The lowest BCUT2D eigenvalue weighted by molar-refractivity contribution is 0.102. The Morgan fingerprint density at radius 3 is 2.60 bits per heavy atom. The van der Waals surface area contributed by atoms with E-state index in [9.17, 15) is 13.6 Å². The van der Waals surface area contributed by atoms with Crippen molar-refractivity contribution < 1.29 is 18.3 Å². The van der Waals surface area contributed by atoms with Crippen molar-refractivity contribution in [1.82, 2.24) is 0 Å². The van der Waals surface area contributed by atoms with Gasteiger partial charge in [0, 0.05) is 4.47 Å². The van der Waals surface area contributed by atoms with Gasteiger partial charge in [-0.3, -0.25) is 4.79 Å². The van der Waals surface area contributed by atoms with Crippen molar-refractivity contribution in [2.24, 2.45) is 0 Å². The number of methoxy groups -OCH3 is 1. The molecule has 0 heterocycles. The first-order valence-electron chi connectivity index (χ1n) is 5.61. The number of benzene rings is 2. The SMILES string of the molecule is COc1ccc(F)cc1C(=O)Nc1ccc(Br)cc1F. The van der Waals surface area contributed by atoms with Crippen molar-refractivity contribution in [2.75, 3.05) is 12.4 Å². The fraction of sp³-hybridized carbons (Fsp3) is 0.0714. The molecule has 0 fully saturated rings. The molecule has 0 aromatic heterocycles. The van der Waals surface area contributed by atoms with E-state index in [1.54, 1.807) is 6.07 Å². The average Bonchev–Trinajstić information content (AvgIpc) is 2.41. The van der Waals surface area contributed by atoms with Crippen LogP contribution in [0.1, 0.15) is 10.4 Å². The number of halogens is 3. The standard InChI is InChI=1S/C14H10BrF2NO2/c1-20-13-5-3-9(16)7-10(13)14(19)18-12-4-2-8(15)6-11(12)17/h2-7H,1H3,(H,18,19). The van der Waals surface area contributed by atoms with Gasteiger partial charge in [-0.2, -0.15) is 0 Å². The molecule has 6 heteroatoms. The second kappa shape index (κ2) is 6.00. The molecule has 0 radical (unpaired) electrons. The largest absolute Gasteiger partial charge is 0.496 e. The minimum Gasteiger partial charge on any atom is -0.496 e. The number of hydrogen-bond acceptors (Lipinski definition) is 2. The molecule has 0 aliphatic heterocycles. The Morgan fingerprint density at radius 2 is 1.95 bits per heavy atom. The van der Waals surface area contributed by atoms with Crippen LogP contribution in [-0.4, -0.2) is 13.0 Å². The van der Waals surface area contributed by atoms with Crippen LogP contribution in [0.25, 0.3) is 0 Å². The maximum atomic E-state index is 13.6. The molecule has 1 N–H and O–H groups in total. The maximum Gasteiger partial charge on any atom is 0.259 e. The summed E-state index contributed by atoms with van der Waals surface area (Å²) in [5.74, 6) is -1.61. The molecule has 0 saturated carbocycles. The number of carbonyl (C=O) groups excluding carboxylic acids is 1. The quantitative estimate of drug-likeness (QED) is 0.916. The molecule has 2 rings (SSSR count). The number of nitrogens with one attached hydrogen (secondary N) is 1. The molecule has 2 aromatic carbocycles. The number of ether oxygens (including phenoxy) is 1. The smallest absolute Gasteiger partial charge is 0.259 e. The summed E-state index contributed by atoms with van der Waals surface area (Å²) in [6.45, 7) is 0. The Hall–Kier alpha value is -1.95. The van der Waals surface area contributed by atoms with Gasteiger partial charge < -0.3 is 10.1 Å². The lowest BCUT2D eigenvalue weighted by atomic mass is 10.1. The summed E-state index contributed by atoms with van der Waals surface area (Å²) in [5, 5.41) is 2.37. The molecule has 2 aromatic rings. The number of hydrogen-bond donors (Lipinski definition) is 1. The maximum absolute atomic E-state index is 13.6. The van der Waals surface area contributed by atoms with E-state index in [1.807, 2.05) is 0 Å². The summed E-state index contributed by atoms with van der Waals surface area (Å²) >= 11 is 3.12. The van der Waals surface area contributed by atoms with Crippen LogP contribution in [-0.2, 0) is 0 Å². The van der Waals surface area contributed by atoms with Gasteiger partial charge in [0.05, 0.1) is 18.4 Å². The van der Waals surface area contributed by atoms with E-state index in [4.69, 9.17) is 4.74 Å². The first kappa shape index (κ1) is 14.5. The summed E-state index contributed by atoms with van der Waals surface area (Å²) < 4.78 is 32.4. The Labute approximate surface area is 122 Å². The highest BCUT2D eigenvalue weighted by Crippen LogP contribution is 2.23. The van der Waals surface area contributed by atoms with Crippen LogP contribution in [0.3, 0.4) is 0 Å². The summed E-state index contributed by atoms with van der Waals surface area (Å²) in [5.41, 5.74) is -0.000618. The third-order valence-electron chi connectivity index (χ3n) is 2.59. The highest BCUT2D eigenvalue weighted by Gasteiger charge is 2.15. The van der Waals surface area contributed by atoms with Crippen molar-refractivity contribution in [1.29, 1.82) is 0 Å². The van der Waals surface area contributed by atoms with Crippen LogP contribution in [0.2, 0.25) is 0 Å². The molecule has 20 heavy (non-hydrogen) atoms. The molecule has 0 saturated heterocycles. The number of anilines is 1. The van der Waals surface area contributed by atoms with Gasteiger partial charge >= 0.3 is 0 Å². The highest BCUT2D eigenvalue weighted by molar-refractivity contribution is 9.10. The van der Waals surface area contributed by atoms with Gasteiger partial charge in [-0.05, 0) is 36.4 Å². The van der Waals surface area contributed by atoms with E-state index in [0.29, 0.717) is 4.47 Å². The fourth-order valence-electron chi connectivity index (χ4n) is 1.64. The Morgan fingerprint density at radius 1 is 1.20 bits per heavy atom. The first-order chi connectivity index (χ1) is 9.51. The Kier molecular flexibility index (Phi) is 4.34. The molecule has 0 spiro atoms. The molecule has 0 atom stereocenters. The summed E-state index contributed by atoms with van der Waals surface area (Å²) in [7, 11) is 1.37. The average molecular weight is 342 g/mol. The minimum absolute atomic E-state index is 0.00418. The topological polar surface area (TPSA) is 38.3 Å². The molecule has 0 aliphatic carbocycles. The van der Waals surface area contributed by atoms with Crippen molar-refractivity contribution in [3.05, 3.63) is 58.1 Å². The van der Waals surface area contributed by atoms with Gasteiger partial charge in [-0.15, -0.1) is 0 Å². The minimum atomic E-state index is -0.650. The molecular weight excluding hydrogens is 332 g/mol. The summed E-state index contributed by atoms with van der Waals surface area (Å²) in [6, 6.07) is 7.76. The number of carbonyl (C=O) groups is 1. The number of rotatable bonds is 3. The molecule has 3 nitrogen and oxygen atoms in total. The summed E-state index contributed by atoms with van der Waals surface area (Å²) in [6.07, 6.45) is 0. The highest BCUT2D eigenvalue weighted by atomic mass is 79.9. The van der Waals surface area contributed by atoms with Crippen LogP contribution >= 0.6 is 15.9 Å². The van der Waals surface area contributed by atoms with E-state index < -0.39 is 17.5 Å². The molecule has 1 amide bonds. The Balaban J connectivity index is 2.30. The van der Waals surface area contributed by atoms with Crippen molar-refractivity contribution in [2.45, 2.75) is 0 Å². The van der Waals surface area contributed by atoms with Crippen LogP contribution in [0.5, 0.6) is 5.75 Å². The molecule has 0 bridgehead atoms. The van der Waals surface area contributed by atoms with Crippen LogP contribution < -0.4 is 10.1 Å². The predicted molar refractivity (Wildman–Crippen MR) is 75.0 cm³/mol. The number of amides is 1. The zero-order chi connectivity index (χ0) is 14.7. The summed E-state index contributed by atoms with van der Waals surface area (Å²) in [4.78, 5) is 12.0. The lowest BCUT2D eigenvalue weighted by Crippen LogP contribution is -2.14.